The molecule has 2 rings (SSSR count). The van der Waals surface area contributed by atoms with Gasteiger partial charge in [0, 0.05) is 6.54 Å². The van der Waals surface area contributed by atoms with Crippen LogP contribution in [0.1, 0.15) is 36.2 Å². The largest absolute Gasteiger partial charge is 0.496 e. The molecule has 1 heterocycles. The highest BCUT2D eigenvalue weighted by Gasteiger charge is 2.20. The summed E-state index contributed by atoms with van der Waals surface area (Å²) in [5.41, 5.74) is 9.43. The highest BCUT2D eigenvalue weighted by atomic mass is 16.5. The average Bonchev–Trinajstić information content (AvgIpc) is 2.89. The van der Waals surface area contributed by atoms with Crippen LogP contribution in [-0.4, -0.2) is 24.0 Å². The summed E-state index contributed by atoms with van der Waals surface area (Å²) in [5.74, 6) is 1.59. The second-order valence-electron chi connectivity index (χ2n) is 5.03. The Hall–Kier alpha value is -2.01. The summed E-state index contributed by atoms with van der Waals surface area (Å²) in [6, 6.07) is 5.70. The van der Waals surface area contributed by atoms with Crippen LogP contribution in [0.5, 0.6) is 11.5 Å². The smallest absolute Gasteiger partial charge is 0.161 e. The fourth-order valence-electron chi connectivity index (χ4n) is 2.49. The lowest BCUT2D eigenvalue weighted by Gasteiger charge is -2.17. The van der Waals surface area contributed by atoms with Crippen LogP contribution in [0.4, 0.5) is 0 Å². The lowest BCUT2D eigenvalue weighted by atomic mass is 10.0. The Morgan fingerprint density at radius 3 is 2.52 bits per heavy atom. The molecule has 1 unspecified atom stereocenters. The Bertz CT molecular complexity index is 608. The summed E-state index contributed by atoms with van der Waals surface area (Å²) >= 11 is 0. The molecule has 0 fully saturated rings. The zero-order valence-corrected chi connectivity index (χ0v) is 13.1. The number of ether oxygens (including phenoxy) is 2. The highest BCUT2D eigenvalue weighted by molar-refractivity contribution is 5.42. The maximum Gasteiger partial charge on any atom is 0.161 e. The molecule has 0 radical (unpaired) electrons. The third-order valence-corrected chi connectivity index (χ3v) is 3.57. The van der Waals surface area contributed by atoms with Gasteiger partial charge in [-0.25, -0.2) is 0 Å². The van der Waals surface area contributed by atoms with E-state index in [0.29, 0.717) is 0 Å². The van der Waals surface area contributed by atoms with Crippen molar-refractivity contribution in [1.82, 2.24) is 9.78 Å². The van der Waals surface area contributed by atoms with Crippen molar-refractivity contribution in [1.29, 1.82) is 0 Å². The lowest BCUT2D eigenvalue weighted by Crippen LogP contribution is -2.18. The molecule has 2 aromatic rings. The van der Waals surface area contributed by atoms with E-state index in [1.165, 1.54) is 0 Å². The average molecular weight is 289 g/mol. The van der Waals surface area contributed by atoms with Crippen LogP contribution >= 0.6 is 0 Å². The van der Waals surface area contributed by atoms with Gasteiger partial charge in [0.05, 0.1) is 26.5 Å². The molecule has 0 spiro atoms. The van der Waals surface area contributed by atoms with Gasteiger partial charge in [-0.05, 0) is 30.5 Å². The molecule has 0 saturated carbocycles. The number of benzene rings is 1. The van der Waals surface area contributed by atoms with Crippen LogP contribution in [0.3, 0.4) is 0 Å². The molecule has 1 aromatic heterocycles. The third kappa shape index (κ3) is 3.03. The highest BCUT2D eigenvalue weighted by Crippen LogP contribution is 2.30. The monoisotopic (exact) mass is 289 g/mol. The Balaban J connectivity index is 2.41. The summed E-state index contributed by atoms with van der Waals surface area (Å²) in [6.45, 7) is 4.94. The molecular weight excluding hydrogens is 266 g/mol. The van der Waals surface area contributed by atoms with Gasteiger partial charge in [-0.15, -0.1) is 0 Å². The predicted octanol–water partition coefficient (Wildman–Crippen LogP) is 2.67. The van der Waals surface area contributed by atoms with E-state index in [0.717, 1.165) is 41.3 Å². The van der Waals surface area contributed by atoms with Crippen LogP contribution in [0, 0.1) is 6.92 Å². The van der Waals surface area contributed by atoms with E-state index in [4.69, 9.17) is 15.2 Å². The second kappa shape index (κ2) is 6.63. The summed E-state index contributed by atoms with van der Waals surface area (Å²) in [5, 5.41) is 4.37. The number of aromatic nitrogens is 2. The fourth-order valence-corrected chi connectivity index (χ4v) is 2.49. The standard InChI is InChI=1S/C16H23N3O2/c1-5-8-19-16(14(21-4)10-18-19)15(17)12-6-7-13(20-3)11(2)9-12/h6-7,9-10,15H,5,8,17H2,1-4H3. The van der Waals surface area contributed by atoms with Crippen molar-refractivity contribution in [3.05, 3.63) is 41.2 Å². The van der Waals surface area contributed by atoms with E-state index in [1.807, 2.05) is 29.8 Å². The first-order valence-corrected chi connectivity index (χ1v) is 7.12. The van der Waals surface area contributed by atoms with E-state index in [9.17, 15) is 0 Å². The number of nitrogens with two attached hydrogens (primary N) is 1. The Morgan fingerprint density at radius 1 is 1.24 bits per heavy atom. The summed E-state index contributed by atoms with van der Waals surface area (Å²) in [6.07, 6.45) is 2.72. The van der Waals surface area contributed by atoms with Crippen molar-refractivity contribution < 1.29 is 9.47 Å². The van der Waals surface area contributed by atoms with E-state index < -0.39 is 0 Å². The van der Waals surface area contributed by atoms with Gasteiger partial charge in [0.1, 0.15) is 11.4 Å². The Morgan fingerprint density at radius 2 is 1.95 bits per heavy atom. The molecule has 1 aromatic carbocycles. The van der Waals surface area contributed by atoms with Gasteiger partial charge in [0.2, 0.25) is 0 Å². The Kier molecular flexibility index (Phi) is 4.85. The molecule has 5 heteroatoms. The zero-order chi connectivity index (χ0) is 15.4. The van der Waals surface area contributed by atoms with Crippen molar-refractivity contribution in [2.24, 2.45) is 5.73 Å². The second-order valence-corrected chi connectivity index (χ2v) is 5.03. The van der Waals surface area contributed by atoms with E-state index >= 15 is 0 Å². The van der Waals surface area contributed by atoms with Gasteiger partial charge in [0.25, 0.3) is 0 Å². The van der Waals surface area contributed by atoms with Gasteiger partial charge in [-0.2, -0.15) is 5.10 Å². The minimum atomic E-state index is -0.279. The topological polar surface area (TPSA) is 62.3 Å². The molecule has 0 saturated heterocycles. The summed E-state index contributed by atoms with van der Waals surface area (Å²) < 4.78 is 12.6. The SMILES string of the molecule is CCCn1ncc(OC)c1C(N)c1ccc(OC)c(C)c1. The first kappa shape index (κ1) is 15.4. The number of rotatable bonds is 6. The molecular formula is C16H23N3O2. The summed E-state index contributed by atoms with van der Waals surface area (Å²) in [4.78, 5) is 0. The van der Waals surface area contributed by atoms with Gasteiger partial charge in [-0.1, -0.05) is 19.1 Å². The minimum absolute atomic E-state index is 0.279. The zero-order valence-electron chi connectivity index (χ0n) is 13.1. The van der Waals surface area contributed by atoms with Gasteiger partial charge >= 0.3 is 0 Å². The van der Waals surface area contributed by atoms with Crippen LogP contribution in [0.15, 0.2) is 24.4 Å². The summed E-state index contributed by atoms with van der Waals surface area (Å²) in [7, 11) is 3.31. The normalized spacial score (nSPS) is 12.2. The van der Waals surface area contributed by atoms with Gasteiger partial charge < -0.3 is 15.2 Å². The number of hydrogen-bond donors (Lipinski definition) is 1. The molecule has 114 valence electrons. The lowest BCUT2D eigenvalue weighted by molar-refractivity contribution is 0.403. The van der Waals surface area contributed by atoms with Crippen molar-refractivity contribution >= 4 is 0 Å². The number of hydrogen-bond acceptors (Lipinski definition) is 4. The molecule has 0 bridgehead atoms. The first-order valence-electron chi connectivity index (χ1n) is 7.12. The van der Waals surface area contributed by atoms with Crippen molar-refractivity contribution in [3.63, 3.8) is 0 Å². The number of methoxy groups -OCH3 is 2. The number of nitrogens with zero attached hydrogens (tertiary/aromatic N) is 2. The fraction of sp³-hybridized carbons (Fsp3) is 0.438. The molecule has 21 heavy (non-hydrogen) atoms. The third-order valence-electron chi connectivity index (χ3n) is 3.57. The molecule has 0 amide bonds. The maximum absolute atomic E-state index is 6.45. The van der Waals surface area contributed by atoms with E-state index in [-0.39, 0.29) is 6.04 Å². The maximum atomic E-state index is 6.45. The number of aryl methyl sites for hydroxylation is 2. The van der Waals surface area contributed by atoms with Crippen LogP contribution in [0.2, 0.25) is 0 Å². The van der Waals surface area contributed by atoms with Crippen LogP contribution < -0.4 is 15.2 Å². The van der Waals surface area contributed by atoms with E-state index in [1.54, 1.807) is 20.4 Å². The van der Waals surface area contributed by atoms with Crippen LogP contribution in [0.25, 0.3) is 0 Å². The van der Waals surface area contributed by atoms with Gasteiger partial charge in [0.15, 0.2) is 5.75 Å². The molecule has 5 nitrogen and oxygen atoms in total. The predicted molar refractivity (Wildman–Crippen MR) is 82.8 cm³/mol. The van der Waals surface area contributed by atoms with Crippen molar-refractivity contribution in [3.8, 4) is 11.5 Å². The molecule has 0 aliphatic rings. The van der Waals surface area contributed by atoms with Crippen LogP contribution in [-0.2, 0) is 6.54 Å². The van der Waals surface area contributed by atoms with Gasteiger partial charge in [-0.3, -0.25) is 4.68 Å². The minimum Gasteiger partial charge on any atom is -0.496 e. The van der Waals surface area contributed by atoms with Crippen molar-refractivity contribution in [2.75, 3.05) is 14.2 Å². The molecule has 0 aliphatic carbocycles. The molecule has 1 atom stereocenters. The molecule has 2 N–H and O–H groups in total. The molecule has 0 aliphatic heterocycles. The first-order chi connectivity index (χ1) is 10.1. The quantitative estimate of drug-likeness (QED) is 0.888. The Labute approximate surface area is 125 Å². The van der Waals surface area contributed by atoms with E-state index in [2.05, 4.69) is 12.0 Å². The van der Waals surface area contributed by atoms with Crippen molar-refractivity contribution in [2.45, 2.75) is 32.9 Å².